The van der Waals surface area contributed by atoms with Crippen molar-refractivity contribution in [3.8, 4) is 0 Å². The van der Waals surface area contributed by atoms with Crippen molar-refractivity contribution in [2.75, 3.05) is 0 Å². The van der Waals surface area contributed by atoms with Crippen LogP contribution in [0.1, 0.15) is 24.8 Å². The Labute approximate surface area is 156 Å². The Balaban J connectivity index is 2.45. The molecule has 0 bridgehead atoms. The zero-order valence-corrected chi connectivity index (χ0v) is 15.9. The van der Waals surface area contributed by atoms with Gasteiger partial charge in [0.25, 0.3) is 10.0 Å². The minimum Gasteiger partial charge on any atom is -0.357 e. The van der Waals surface area contributed by atoms with Gasteiger partial charge in [-0.25, -0.2) is 12.7 Å². The zero-order valence-electron chi connectivity index (χ0n) is 14.3. The van der Waals surface area contributed by atoms with Crippen LogP contribution in [-0.2, 0) is 24.3 Å². The first-order valence-electron chi connectivity index (χ1n) is 7.83. The molecule has 0 unspecified atom stereocenters. The van der Waals surface area contributed by atoms with E-state index in [1.165, 1.54) is 30.3 Å². The summed E-state index contributed by atoms with van der Waals surface area (Å²) in [5.74, 6) is -0.873. The van der Waals surface area contributed by atoms with E-state index in [1.807, 2.05) is 0 Å². The summed E-state index contributed by atoms with van der Waals surface area (Å²) in [6, 6.07) is 4.86. The molecule has 0 saturated heterocycles. The quantitative estimate of drug-likeness (QED) is 0.380. The van der Waals surface area contributed by atoms with Crippen LogP contribution in [0.15, 0.2) is 53.8 Å². The lowest BCUT2D eigenvalue weighted by molar-refractivity contribution is -0.0531. The number of aryl methyl sites for hydroxylation is 1. The number of hydrogen-bond acceptors (Lipinski definition) is 5. The highest BCUT2D eigenvalue weighted by molar-refractivity contribution is 7.89. The molecule has 6 nitrogen and oxygen atoms in total. The molecule has 0 N–H and O–H groups in total. The number of allylic oxidation sites excluding steroid dienone is 1. The van der Waals surface area contributed by atoms with Crippen molar-refractivity contribution >= 4 is 20.1 Å². The second-order valence-electron chi connectivity index (χ2n) is 5.90. The first-order valence-corrected chi connectivity index (χ1v) is 10.7. The fourth-order valence-corrected chi connectivity index (χ4v) is 4.67. The fraction of sp³-hybridized carbons (Fsp3) is 0.375. The minimum absolute atomic E-state index is 0.0155. The summed E-state index contributed by atoms with van der Waals surface area (Å²) in [7, 11) is -10.3. The molecule has 0 radical (unpaired) electrons. The van der Waals surface area contributed by atoms with E-state index in [2.05, 4.69) is 10.8 Å². The van der Waals surface area contributed by atoms with Crippen molar-refractivity contribution in [1.29, 1.82) is 0 Å². The molecule has 0 spiro atoms. The molecular formula is C16H18F3NO5S2. The summed E-state index contributed by atoms with van der Waals surface area (Å²) in [5, 5.41) is 0. The molecule has 0 saturated carbocycles. The van der Waals surface area contributed by atoms with Gasteiger partial charge in [0.05, 0.1) is 10.9 Å². The van der Waals surface area contributed by atoms with E-state index in [-0.39, 0.29) is 17.7 Å². The van der Waals surface area contributed by atoms with E-state index in [0.29, 0.717) is 10.7 Å². The molecule has 150 valence electrons. The highest BCUT2D eigenvalue weighted by Gasteiger charge is 2.51. The van der Waals surface area contributed by atoms with Crippen LogP contribution in [0.4, 0.5) is 13.2 Å². The summed E-state index contributed by atoms with van der Waals surface area (Å²) in [6.45, 7) is 5.27. The Hall–Kier alpha value is -2.01. The van der Waals surface area contributed by atoms with Gasteiger partial charge in [0.15, 0.2) is 0 Å². The zero-order chi connectivity index (χ0) is 20.5. The van der Waals surface area contributed by atoms with Gasteiger partial charge >= 0.3 is 15.6 Å². The minimum atomic E-state index is -6.00. The predicted molar refractivity (Wildman–Crippen MR) is 92.2 cm³/mol. The van der Waals surface area contributed by atoms with Crippen molar-refractivity contribution in [2.24, 2.45) is 0 Å². The van der Waals surface area contributed by atoms with Crippen molar-refractivity contribution in [2.45, 2.75) is 42.6 Å². The summed E-state index contributed by atoms with van der Waals surface area (Å²) < 4.78 is 91.4. The topological polar surface area (TPSA) is 80.8 Å². The summed E-state index contributed by atoms with van der Waals surface area (Å²) >= 11 is 0. The Bertz CT molecular complexity index is 935. The number of sulfonamides is 1. The molecule has 1 atom stereocenters. The molecule has 0 fully saturated rings. The third-order valence-corrected chi connectivity index (χ3v) is 6.69. The van der Waals surface area contributed by atoms with E-state index in [1.54, 1.807) is 6.92 Å². The lowest BCUT2D eigenvalue weighted by Gasteiger charge is -2.28. The van der Waals surface area contributed by atoms with E-state index < -0.39 is 37.6 Å². The van der Waals surface area contributed by atoms with Crippen LogP contribution in [0.25, 0.3) is 0 Å². The highest BCUT2D eigenvalue weighted by atomic mass is 32.2. The molecule has 11 heteroatoms. The van der Waals surface area contributed by atoms with Gasteiger partial charge in [-0.3, -0.25) is 0 Å². The smallest absolute Gasteiger partial charge is 0.357 e. The van der Waals surface area contributed by atoms with Gasteiger partial charge in [0.1, 0.15) is 0 Å². The number of alkyl halides is 3. The summed E-state index contributed by atoms with van der Waals surface area (Å²) in [5.41, 5.74) is -4.89. The maximum atomic E-state index is 13.0. The third-order valence-electron chi connectivity index (χ3n) is 3.87. The van der Waals surface area contributed by atoms with Crippen LogP contribution >= 0.6 is 0 Å². The van der Waals surface area contributed by atoms with E-state index in [4.69, 9.17) is 0 Å². The van der Waals surface area contributed by atoms with Gasteiger partial charge in [0.2, 0.25) is 5.88 Å². The van der Waals surface area contributed by atoms with Crippen molar-refractivity contribution in [1.82, 2.24) is 4.31 Å². The number of benzene rings is 1. The average Bonchev–Trinajstić information content (AvgIpc) is 2.95. The molecule has 1 aliphatic rings. The van der Waals surface area contributed by atoms with Gasteiger partial charge in [-0.2, -0.15) is 21.6 Å². The molecule has 0 amide bonds. The maximum absolute atomic E-state index is 13.0. The SMILES string of the molecule is C=CCC[C@@H]1CC=C(OS(=O)(=O)C(F)(F)F)N1S(=O)(=O)c1ccc(C)cc1. The van der Waals surface area contributed by atoms with Crippen LogP contribution in [0.2, 0.25) is 0 Å². The Morgan fingerprint density at radius 2 is 1.81 bits per heavy atom. The van der Waals surface area contributed by atoms with Crippen LogP contribution in [0.3, 0.4) is 0 Å². The Morgan fingerprint density at radius 1 is 1.22 bits per heavy atom. The fourth-order valence-electron chi connectivity index (χ4n) is 2.52. The summed E-state index contributed by atoms with van der Waals surface area (Å²) in [6.07, 6.45) is 3.20. The average molecular weight is 425 g/mol. The summed E-state index contributed by atoms with van der Waals surface area (Å²) in [4.78, 5) is -0.183. The first-order chi connectivity index (χ1) is 12.4. The molecule has 1 heterocycles. The molecule has 27 heavy (non-hydrogen) atoms. The van der Waals surface area contributed by atoms with Gasteiger partial charge in [-0.15, -0.1) is 6.58 Å². The van der Waals surface area contributed by atoms with Crippen LogP contribution in [0.5, 0.6) is 0 Å². The van der Waals surface area contributed by atoms with Gasteiger partial charge in [-0.1, -0.05) is 23.8 Å². The second-order valence-corrected chi connectivity index (χ2v) is 9.25. The lowest BCUT2D eigenvalue weighted by atomic mass is 10.1. The molecule has 1 aromatic rings. The van der Waals surface area contributed by atoms with E-state index >= 15 is 0 Å². The molecule has 1 aliphatic heterocycles. The van der Waals surface area contributed by atoms with Crippen molar-refractivity contribution < 1.29 is 34.2 Å². The molecule has 0 aromatic heterocycles. The Kier molecular flexibility index (Phi) is 5.95. The van der Waals surface area contributed by atoms with Crippen molar-refractivity contribution in [3.05, 3.63) is 54.4 Å². The standard InChI is InChI=1S/C16H18F3NO5S2/c1-3-4-5-13-8-11-15(25-27(23,24)16(17,18)19)20(13)26(21,22)14-9-6-12(2)7-10-14/h3,6-7,9-11,13H,1,4-5,8H2,2H3/t13-/m1/s1. The molecule has 1 aromatic carbocycles. The third kappa shape index (κ3) is 4.46. The number of hydrogen-bond donors (Lipinski definition) is 0. The maximum Gasteiger partial charge on any atom is 0.534 e. The van der Waals surface area contributed by atoms with Crippen LogP contribution in [0, 0.1) is 6.92 Å². The van der Waals surface area contributed by atoms with Crippen molar-refractivity contribution in [3.63, 3.8) is 0 Å². The van der Waals surface area contributed by atoms with Gasteiger partial charge in [-0.05, 0) is 44.4 Å². The van der Waals surface area contributed by atoms with Gasteiger partial charge in [0, 0.05) is 0 Å². The molecule has 0 aliphatic carbocycles. The first kappa shape index (κ1) is 21.3. The lowest BCUT2D eigenvalue weighted by Crippen LogP contribution is -2.38. The van der Waals surface area contributed by atoms with Crippen LogP contribution in [-0.4, -0.2) is 32.7 Å². The number of nitrogens with zero attached hydrogens (tertiary/aromatic N) is 1. The molecule has 2 rings (SSSR count). The highest BCUT2D eigenvalue weighted by Crippen LogP contribution is 2.36. The predicted octanol–water partition coefficient (Wildman–Crippen LogP) is 3.43. The largest absolute Gasteiger partial charge is 0.534 e. The normalized spacial score (nSPS) is 18.3. The van der Waals surface area contributed by atoms with E-state index in [9.17, 15) is 30.0 Å². The molecular weight excluding hydrogens is 407 g/mol. The Morgan fingerprint density at radius 3 is 2.33 bits per heavy atom. The monoisotopic (exact) mass is 425 g/mol. The van der Waals surface area contributed by atoms with Gasteiger partial charge < -0.3 is 4.18 Å². The second kappa shape index (κ2) is 7.55. The van der Waals surface area contributed by atoms with Crippen LogP contribution < -0.4 is 0 Å². The van der Waals surface area contributed by atoms with E-state index in [0.717, 1.165) is 11.6 Å². The number of rotatable bonds is 7. The number of halogens is 3.